The Kier molecular flexibility index (Phi) is 10.3. The molecule has 1 aliphatic heterocycles. The number of benzene rings is 1. The van der Waals surface area contributed by atoms with E-state index in [0.29, 0.717) is 17.1 Å². The SMILES string of the molecule is CCCCCCN(CCCCCC)CC(=O)N1CC=C(c2cccc(C(F)(F)F)c2)n2ncc(C#N)c21. The molecule has 1 aliphatic rings. The van der Waals surface area contributed by atoms with Crippen LogP contribution in [0.2, 0.25) is 0 Å². The fraction of sp³-hybridized carbons (Fsp3) is 0.536. The molecule has 1 aromatic carbocycles. The number of alkyl halides is 3. The summed E-state index contributed by atoms with van der Waals surface area (Å²) in [5, 5.41) is 14.0. The Morgan fingerprint density at radius 3 is 2.35 bits per heavy atom. The average molecular weight is 516 g/mol. The number of carbonyl (C=O) groups is 1. The molecule has 6 nitrogen and oxygen atoms in total. The molecule has 0 unspecified atom stereocenters. The number of hydrogen-bond acceptors (Lipinski definition) is 4. The van der Waals surface area contributed by atoms with Crippen molar-refractivity contribution in [1.29, 1.82) is 5.26 Å². The van der Waals surface area contributed by atoms with Crippen molar-refractivity contribution in [3.05, 3.63) is 53.2 Å². The van der Waals surface area contributed by atoms with Gasteiger partial charge in [-0.15, -0.1) is 0 Å². The largest absolute Gasteiger partial charge is 0.416 e. The van der Waals surface area contributed by atoms with Gasteiger partial charge in [-0.05, 0) is 44.1 Å². The smallest absolute Gasteiger partial charge is 0.294 e. The van der Waals surface area contributed by atoms with Gasteiger partial charge in [0, 0.05) is 12.1 Å². The average Bonchev–Trinajstić information content (AvgIpc) is 3.32. The fourth-order valence-electron chi connectivity index (χ4n) is 4.59. The van der Waals surface area contributed by atoms with Crippen LogP contribution in [0, 0.1) is 11.3 Å². The van der Waals surface area contributed by atoms with E-state index in [4.69, 9.17) is 0 Å². The van der Waals surface area contributed by atoms with Gasteiger partial charge in [-0.2, -0.15) is 23.5 Å². The number of rotatable bonds is 13. The Balaban J connectivity index is 1.82. The predicted octanol–water partition coefficient (Wildman–Crippen LogP) is 6.47. The molecule has 0 bridgehead atoms. The van der Waals surface area contributed by atoms with E-state index in [2.05, 4.69) is 29.9 Å². The van der Waals surface area contributed by atoms with E-state index in [9.17, 15) is 23.2 Å². The van der Waals surface area contributed by atoms with Crippen LogP contribution in [0.1, 0.15) is 81.9 Å². The number of nitrogens with zero attached hydrogens (tertiary/aromatic N) is 5. The lowest BCUT2D eigenvalue weighted by molar-refractivity contribution is -0.137. The molecule has 37 heavy (non-hydrogen) atoms. The molecule has 0 saturated carbocycles. The van der Waals surface area contributed by atoms with E-state index in [0.717, 1.165) is 76.6 Å². The normalized spacial score (nSPS) is 13.4. The Bertz CT molecular complexity index is 1100. The highest BCUT2D eigenvalue weighted by Gasteiger charge is 2.33. The summed E-state index contributed by atoms with van der Waals surface area (Å²) in [5.74, 6) is 0.155. The molecular formula is C28H36F3N5O. The van der Waals surface area contributed by atoms with Crippen molar-refractivity contribution in [2.24, 2.45) is 0 Å². The zero-order valence-corrected chi connectivity index (χ0v) is 21.7. The van der Waals surface area contributed by atoms with E-state index in [-0.39, 0.29) is 24.6 Å². The number of nitriles is 1. The van der Waals surface area contributed by atoms with Gasteiger partial charge < -0.3 is 0 Å². The second kappa shape index (κ2) is 13.4. The maximum absolute atomic E-state index is 13.5. The first-order valence-electron chi connectivity index (χ1n) is 13.2. The second-order valence-corrected chi connectivity index (χ2v) is 9.48. The summed E-state index contributed by atoms with van der Waals surface area (Å²) in [6, 6.07) is 7.08. The van der Waals surface area contributed by atoms with Crippen LogP contribution in [0.5, 0.6) is 0 Å². The van der Waals surface area contributed by atoms with Crippen LogP contribution in [-0.4, -0.2) is 46.8 Å². The lowest BCUT2D eigenvalue weighted by atomic mass is 10.1. The van der Waals surface area contributed by atoms with Crippen LogP contribution in [-0.2, 0) is 11.0 Å². The number of unbranched alkanes of at least 4 members (excludes halogenated alkanes) is 6. The molecule has 0 saturated heterocycles. The Hall–Kier alpha value is -3.12. The molecule has 0 fully saturated rings. The summed E-state index contributed by atoms with van der Waals surface area (Å²) in [7, 11) is 0. The lowest BCUT2D eigenvalue weighted by Gasteiger charge is -2.30. The van der Waals surface area contributed by atoms with Crippen molar-refractivity contribution in [2.45, 2.75) is 71.4 Å². The van der Waals surface area contributed by atoms with Crippen molar-refractivity contribution in [2.75, 3.05) is 31.1 Å². The Morgan fingerprint density at radius 1 is 1.08 bits per heavy atom. The molecule has 0 radical (unpaired) electrons. The van der Waals surface area contributed by atoms with Crippen LogP contribution in [0.15, 0.2) is 36.5 Å². The number of halogens is 3. The van der Waals surface area contributed by atoms with E-state index >= 15 is 0 Å². The van der Waals surface area contributed by atoms with Gasteiger partial charge in [0.1, 0.15) is 11.6 Å². The maximum atomic E-state index is 13.5. The third-order valence-electron chi connectivity index (χ3n) is 6.62. The second-order valence-electron chi connectivity index (χ2n) is 9.48. The highest BCUT2D eigenvalue weighted by atomic mass is 19.4. The van der Waals surface area contributed by atoms with E-state index < -0.39 is 11.7 Å². The van der Waals surface area contributed by atoms with Crippen molar-refractivity contribution >= 4 is 17.4 Å². The monoisotopic (exact) mass is 515 g/mol. The first-order chi connectivity index (χ1) is 17.8. The topological polar surface area (TPSA) is 65.2 Å². The van der Waals surface area contributed by atoms with Crippen molar-refractivity contribution < 1.29 is 18.0 Å². The summed E-state index contributed by atoms with van der Waals surface area (Å²) in [6.07, 6.45) is 7.48. The molecule has 200 valence electrons. The highest BCUT2D eigenvalue weighted by molar-refractivity contribution is 5.97. The standard InChI is InChI=1S/C28H36F3N5O/c1-3-5-7-9-15-34(16-10-8-6-4-2)21-26(37)35-17-14-25(36-27(35)23(19-32)20-33-36)22-12-11-13-24(18-22)28(29,30)31/h11-14,18,20H,3-10,15-17,21H2,1-2H3. The van der Waals surface area contributed by atoms with Crippen LogP contribution in [0.4, 0.5) is 19.0 Å². The van der Waals surface area contributed by atoms with Crippen LogP contribution >= 0.6 is 0 Å². The zero-order valence-electron chi connectivity index (χ0n) is 21.7. The molecule has 0 aliphatic carbocycles. The van der Waals surface area contributed by atoms with Gasteiger partial charge in [0.15, 0.2) is 5.82 Å². The summed E-state index contributed by atoms with van der Waals surface area (Å²) < 4.78 is 41.3. The van der Waals surface area contributed by atoms with Gasteiger partial charge in [-0.25, -0.2) is 4.68 Å². The Labute approximate surface area is 217 Å². The molecule has 2 heterocycles. The van der Waals surface area contributed by atoms with Crippen molar-refractivity contribution in [1.82, 2.24) is 14.7 Å². The predicted molar refractivity (Wildman–Crippen MR) is 139 cm³/mol. The molecule has 1 amide bonds. The summed E-state index contributed by atoms with van der Waals surface area (Å²) in [5.41, 5.74) is 0.190. The van der Waals surface area contributed by atoms with Gasteiger partial charge in [0.05, 0.1) is 24.0 Å². The molecule has 0 N–H and O–H groups in total. The summed E-state index contributed by atoms with van der Waals surface area (Å²) >= 11 is 0. The Morgan fingerprint density at radius 2 is 1.76 bits per heavy atom. The van der Waals surface area contributed by atoms with E-state index in [1.54, 1.807) is 12.1 Å². The summed E-state index contributed by atoms with van der Waals surface area (Å²) in [4.78, 5) is 17.2. The van der Waals surface area contributed by atoms with E-state index in [1.807, 2.05) is 0 Å². The van der Waals surface area contributed by atoms with E-state index in [1.165, 1.54) is 21.8 Å². The maximum Gasteiger partial charge on any atom is 0.416 e. The van der Waals surface area contributed by atoms with Gasteiger partial charge >= 0.3 is 6.18 Å². The summed E-state index contributed by atoms with van der Waals surface area (Å²) in [6.45, 7) is 6.38. The van der Waals surface area contributed by atoms with Crippen LogP contribution in [0.25, 0.3) is 5.70 Å². The molecule has 0 atom stereocenters. The first kappa shape index (κ1) is 28.5. The highest BCUT2D eigenvalue weighted by Crippen LogP contribution is 2.34. The number of carbonyl (C=O) groups excluding carboxylic acids is 1. The van der Waals surface area contributed by atoms with Crippen LogP contribution < -0.4 is 4.90 Å². The molecule has 9 heteroatoms. The number of anilines is 1. The van der Waals surface area contributed by atoms with Gasteiger partial charge in [-0.1, -0.05) is 64.5 Å². The third-order valence-corrected chi connectivity index (χ3v) is 6.62. The number of aromatic nitrogens is 2. The molecule has 0 spiro atoms. The number of fused-ring (bicyclic) bond motifs is 1. The lowest BCUT2D eigenvalue weighted by Crippen LogP contribution is -2.43. The minimum atomic E-state index is -4.48. The van der Waals surface area contributed by atoms with Gasteiger partial charge in [-0.3, -0.25) is 14.6 Å². The minimum absolute atomic E-state index is 0.149. The molecule has 2 aromatic rings. The van der Waals surface area contributed by atoms with Gasteiger partial charge in [0.2, 0.25) is 5.91 Å². The zero-order chi connectivity index (χ0) is 26.8. The molecule has 3 rings (SSSR count). The number of hydrogen-bond donors (Lipinski definition) is 0. The van der Waals surface area contributed by atoms with Gasteiger partial charge in [0.25, 0.3) is 0 Å². The quantitative estimate of drug-likeness (QED) is 0.287. The minimum Gasteiger partial charge on any atom is -0.294 e. The molecule has 1 aromatic heterocycles. The first-order valence-corrected chi connectivity index (χ1v) is 13.2. The molecular weight excluding hydrogens is 479 g/mol. The number of amides is 1. The van der Waals surface area contributed by atoms with Crippen LogP contribution in [0.3, 0.4) is 0 Å². The third kappa shape index (κ3) is 7.45. The van der Waals surface area contributed by atoms with Crippen molar-refractivity contribution in [3.8, 4) is 6.07 Å². The van der Waals surface area contributed by atoms with Crippen molar-refractivity contribution in [3.63, 3.8) is 0 Å². The fourth-order valence-corrected chi connectivity index (χ4v) is 4.59.